The zero-order valence-corrected chi connectivity index (χ0v) is 12.2. The van der Waals surface area contributed by atoms with Gasteiger partial charge in [0, 0.05) is 30.8 Å². The van der Waals surface area contributed by atoms with Gasteiger partial charge in [-0.25, -0.2) is 0 Å². The fourth-order valence-corrected chi connectivity index (χ4v) is 2.82. The highest BCUT2D eigenvalue weighted by Crippen LogP contribution is 2.22. The van der Waals surface area contributed by atoms with Gasteiger partial charge in [0.25, 0.3) is 5.69 Å². The molecule has 0 saturated carbocycles. The smallest absolute Gasteiger partial charge is 0.273 e. The summed E-state index contributed by atoms with van der Waals surface area (Å²) in [5.41, 5.74) is 6.52. The third kappa shape index (κ3) is 3.58. The summed E-state index contributed by atoms with van der Waals surface area (Å²) in [5.74, 6) is 0.253. The van der Waals surface area contributed by atoms with E-state index in [1.807, 2.05) is 0 Å². The van der Waals surface area contributed by atoms with Crippen LogP contribution in [0.4, 0.5) is 5.69 Å². The first kappa shape index (κ1) is 15.4. The van der Waals surface area contributed by atoms with Crippen LogP contribution < -0.4 is 5.73 Å². The maximum atomic E-state index is 12.4. The molecule has 6 nitrogen and oxygen atoms in total. The van der Waals surface area contributed by atoms with E-state index >= 15 is 0 Å². The van der Waals surface area contributed by atoms with E-state index in [0.29, 0.717) is 24.6 Å². The third-order valence-corrected chi connectivity index (χ3v) is 4.20. The second kappa shape index (κ2) is 6.67. The minimum Gasteiger partial charge on any atom is -0.342 e. The first-order chi connectivity index (χ1) is 10.0. The minimum atomic E-state index is -0.441. The Morgan fingerprint density at radius 3 is 2.86 bits per heavy atom. The normalized spacial score (nSPS) is 22.1. The Morgan fingerprint density at radius 1 is 1.48 bits per heavy atom. The molecule has 2 atom stereocenters. The molecular formula is C15H21N3O3. The van der Waals surface area contributed by atoms with Crippen molar-refractivity contribution in [1.29, 1.82) is 0 Å². The van der Waals surface area contributed by atoms with Crippen LogP contribution in [0.1, 0.15) is 25.3 Å². The van der Waals surface area contributed by atoms with E-state index in [2.05, 4.69) is 6.92 Å². The summed E-state index contributed by atoms with van der Waals surface area (Å²) in [6, 6.07) is 6.55. The van der Waals surface area contributed by atoms with Gasteiger partial charge in [-0.15, -0.1) is 0 Å². The number of nitrogens with two attached hydrogens (primary N) is 1. The van der Waals surface area contributed by atoms with E-state index in [1.165, 1.54) is 6.07 Å². The van der Waals surface area contributed by atoms with Crippen LogP contribution >= 0.6 is 0 Å². The van der Waals surface area contributed by atoms with Crippen LogP contribution in [0, 0.1) is 16.0 Å². The molecule has 0 aromatic heterocycles. The lowest BCUT2D eigenvalue weighted by atomic mass is 9.90. The van der Waals surface area contributed by atoms with Gasteiger partial charge in [-0.05, 0) is 12.3 Å². The second-order valence-corrected chi connectivity index (χ2v) is 5.52. The predicted octanol–water partition coefficient (Wildman–Crippen LogP) is 1.72. The maximum Gasteiger partial charge on any atom is 0.273 e. The van der Waals surface area contributed by atoms with Crippen molar-refractivity contribution in [2.24, 2.45) is 11.7 Å². The highest BCUT2D eigenvalue weighted by atomic mass is 16.6. The Balaban J connectivity index is 2.07. The molecule has 1 saturated heterocycles. The Bertz CT molecular complexity index is 533. The summed E-state index contributed by atoms with van der Waals surface area (Å²) >= 11 is 0. The van der Waals surface area contributed by atoms with E-state index in [4.69, 9.17) is 5.73 Å². The summed E-state index contributed by atoms with van der Waals surface area (Å²) < 4.78 is 0. The number of hydrogen-bond donors (Lipinski definition) is 1. The molecule has 1 amide bonds. The van der Waals surface area contributed by atoms with Crippen LogP contribution in [0.2, 0.25) is 0 Å². The number of carbonyl (C=O) groups is 1. The Labute approximate surface area is 124 Å². The number of carbonyl (C=O) groups excluding carboxylic acids is 1. The summed E-state index contributed by atoms with van der Waals surface area (Å²) in [6.45, 7) is 3.36. The van der Waals surface area contributed by atoms with Crippen LogP contribution in [-0.4, -0.2) is 34.9 Å². The van der Waals surface area contributed by atoms with Crippen molar-refractivity contribution in [3.05, 3.63) is 39.9 Å². The number of nitrogens with zero attached hydrogens (tertiary/aromatic N) is 2. The number of benzene rings is 1. The van der Waals surface area contributed by atoms with Gasteiger partial charge in [-0.1, -0.05) is 31.5 Å². The molecular weight excluding hydrogens is 270 g/mol. The van der Waals surface area contributed by atoms with Crippen molar-refractivity contribution >= 4 is 11.6 Å². The van der Waals surface area contributed by atoms with Gasteiger partial charge in [-0.3, -0.25) is 14.9 Å². The summed E-state index contributed by atoms with van der Waals surface area (Å²) in [7, 11) is 0. The van der Waals surface area contributed by atoms with Crippen LogP contribution in [0.15, 0.2) is 24.3 Å². The molecule has 114 valence electrons. The molecule has 0 bridgehead atoms. The van der Waals surface area contributed by atoms with E-state index in [1.54, 1.807) is 23.1 Å². The number of hydrogen-bond acceptors (Lipinski definition) is 4. The average Bonchev–Trinajstić information content (AvgIpc) is 2.48. The highest BCUT2D eigenvalue weighted by Gasteiger charge is 2.28. The molecule has 2 unspecified atom stereocenters. The topological polar surface area (TPSA) is 89.5 Å². The number of piperidine rings is 1. The second-order valence-electron chi connectivity index (χ2n) is 5.52. The SMILES string of the molecule is CCC1CN(C(=O)Cc2ccccc2[N+](=O)[O-])CCC1N. The number of amides is 1. The molecule has 2 rings (SSSR count). The van der Waals surface area contributed by atoms with Crippen LogP contribution in [0.3, 0.4) is 0 Å². The van der Waals surface area contributed by atoms with Gasteiger partial charge in [0.05, 0.1) is 11.3 Å². The van der Waals surface area contributed by atoms with Gasteiger partial charge in [0.2, 0.25) is 5.91 Å². The van der Waals surface area contributed by atoms with Gasteiger partial charge < -0.3 is 10.6 Å². The Morgan fingerprint density at radius 2 is 2.19 bits per heavy atom. The molecule has 0 spiro atoms. The van der Waals surface area contributed by atoms with Gasteiger partial charge >= 0.3 is 0 Å². The lowest BCUT2D eigenvalue weighted by Gasteiger charge is -2.36. The Hall–Kier alpha value is -1.95. The maximum absolute atomic E-state index is 12.4. The summed E-state index contributed by atoms with van der Waals surface area (Å²) in [6.07, 6.45) is 1.81. The van der Waals surface area contributed by atoms with Crippen molar-refractivity contribution in [2.75, 3.05) is 13.1 Å². The number of rotatable bonds is 4. The summed E-state index contributed by atoms with van der Waals surface area (Å²) in [5, 5.41) is 11.0. The van der Waals surface area contributed by atoms with Gasteiger partial charge in [0.15, 0.2) is 0 Å². The molecule has 1 heterocycles. The third-order valence-electron chi connectivity index (χ3n) is 4.20. The van der Waals surface area contributed by atoms with Crippen LogP contribution in [0.5, 0.6) is 0 Å². The average molecular weight is 291 g/mol. The van der Waals surface area contributed by atoms with Crippen molar-refractivity contribution in [2.45, 2.75) is 32.2 Å². The summed E-state index contributed by atoms with van der Waals surface area (Å²) in [4.78, 5) is 24.7. The molecule has 0 aliphatic carbocycles. The number of para-hydroxylation sites is 1. The zero-order valence-electron chi connectivity index (χ0n) is 12.2. The molecule has 1 aromatic rings. The highest BCUT2D eigenvalue weighted by molar-refractivity contribution is 5.80. The van der Waals surface area contributed by atoms with Crippen molar-refractivity contribution in [1.82, 2.24) is 4.90 Å². The molecule has 6 heteroatoms. The first-order valence-corrected chi connectivity index (χ1v) is 7.28. The number of nitro benzene ring substituents is 1. The van der Waals surface area contributed by atoms with E-state index in [0.717, 1.165) is 12.8 Å². The van der Waals surface area contributed by atoms with Crippen LogP contribution in [0.25, 0.3) is 0 Å². The lowest BCUT2D eigenvalue weighted by Crippen LogP contribution is -2.49. The predicted molar refractivity (Wildman–Crippen MR) is 79.8 cm³/mol. The first-order valence-electron chi connectivity index (χ1n) is 7.28. The fourth-order valence-electron chi connectivity index (χ4n) is 2.82. The van der Waals surface area contributed by atoms with Crippen molar-refractivity contribution in [3.8, 4) is 0 Å². The Kier molecular flexibility index (Phi) is 4.90. The quantitative estimate of drug-likeness (QED) is 0.675. The molecule has 1 fully saturated rings. The standard InChI is InChI=1S/C15H21N3O3/c1-2-11-10-17(8-7-13(11)16)15(19)9-12-5-3-4-6-14(12)18(20)21/h3-6,11,13H,2,7-10,16H2,1H3. The van der Waals surface area contributed by atoms with Crippen LogP contribution in [-0.2, 0) is 11.2 Å². The minimum absolute atomic E-state index is 0.00611. The largest absolute Gasteiger partial charge is 0.342 e. The fraction of sp³-hybridized carbons (Fsp3) is 0.533. The molecule has 2 N–H and O–H groups in total. The molecule has 21 heavy (non-hydrogen) atoms. The van der Waals surface area contributed by atoms with E-state index < -0.39 is 4.92 Å². The molecule has 1 aliphatic rings. The van der Waals surface area contributed by atoms with E-state index in [-0.39, 0.29) is 24.1 Å². The number of likely N-dealkylation sites (tertiary alicyclic amines) is 1. The molecule has 0 radical (unpaired) electrons. The van der Waals surface area contributed by atoms with Crippen molar-refractivity contribution in [3.63, 3.8) is 0 Å². The monoisotopic (exact) mass is 291 g/mol. The van der Waals surface area contributed by atoms with Gasteiger partial charge in [0.1, 0.15) is 0 Å². The van der Waals surface area contributed by atoms with Gasteiger partial charge in [-0.2, -0.15) is 0 Å². The van der Waals surface area contributed by atoms with E-state index in [9.17, 15) is 14.9 Å². The number of nitro groups is 1. The molecule has 1 aromatic carbocycles. The molecule has 1 aliphatic heterocycles. The zero-order chi connectivity index (χ0) is 15.4. The lowest BCUT2D eigenvalue weighted by molar-refractivity contribution is -0.385. The van der Waals surface area contributed by atoms with Crippen molar-refractivity contribution < 1.29 is 9.72 Å².